The van der Waals surface area contributed by atoms with Gasteiger partial charge in [-0.25, -0.2) is 0 Å². The predicted molar refractivity (Wildman–Crippen MR) is 77.7 cm³/mol. The molecule has 2 aliphatic rings. The van der Waals surface area contributed by atoms with Crippen LogP contribution < -0.4 is 5.73 Å². The summed E-state index contributed by atoms with van der Waals surface area (Å²) < 4.78 is 0. The van der Waals surface area contributed by atoms with E-state index in [1.165, 1.54) is 58.4 Å². The summed E-state index contributed by atoms with van der Waals surface area (Å²) in [7, 11) is 0. The highest BCUT2D eigenvalue weighted by atomic mass is 15.3. The van der Waals surface area contributed by atoms with Gasteiger partial charge in [-0.3, -0.25) is 4.90 Å². The minimum absolute atomic E-state index is 0.760. The van der Waals surface area contributed by atoms with Crippen LogP contribution in [0.4, 0.5) is 0 Å². The Labute approximate surface area is 113 Å². The molecular formula is C15H31N3. The molecule has 0 aromatic rings. The second-order valence-electron chi connectivity index (χ2n) is 6.28. The van der Waals surface area contributed by atoms with E-state index in [4.69, 9.17) is 5.73 Å². The van der Waals surface area contributed by atoms with Gasteiger partial charge in [0.05, 0.1) is 0 Å². The van der Waals surface area contributed by atoms with Crippen molar-refractivity contribution in [3.05, 3.63) is 0 Å². The van der Waals surface area contributed by atoms with Crippen LogP contribution >= 0.6 is 0 Å². The van der Waals surface area contributed by atoms with Gasteiger partial charge in [-0.2, -0.15) is 0 Å². The molecule has 3 unspecified atom stereocenters. The first-order chi connectivity index (χ1) is 8.74. The van der Waals surface area contributed by atoms with E-state index >= 15 is 0 Å². The van der Waals surface area contributed by atoms with E-state index in [-0.39, 0.29) is 0 Å². The molecule has 3 nitrogen and oxygen atoms in total. The zero-order valence-electron chi connectivity index (χ0n) is 12.3. The Morgan fingerprint density at radius 1 is 1.11 bits per heavy atom. The normalized spacial score (nSPS) is 32.8. The van der Waals surface area contributed by atoms with Crippen LogP contribution in [0.5, 0.6) is 0 Å². The lowest BCUT2D eigenvalue weighted by molar-refractivity contribution is 0.0853. The molecule has 0 spiro atoms. The quantitative estimate of drug-likeness (QED) is 0.810. The van der Waals surface area contributed by atoms with Crippen molar-refractivity contribution in [1.82, 2.24) is 9.80 Å². The third-order valence-corrected chi connectivity index (χ3v) is 5.23. The standard InChI is InChI=1S/C15H31N3/c1-3-13(2)18-9-7-17(8-10-18)12-15-6-4-5-14(15)11-16/h13-15H,3-12,16H2,1-2H3. The van der Waals surface area contributed by atoms with Crippen molar-refractivity contribution in [2.24, 2.45) is 17.6 Å². The second kappa shape index (κ2) is 6.88. The van der Waals surface area contributed by atoms with Gasteiger partial charge in [-0.05, 0) is 44.6 Å². The molecule has 1 aliphatic heterocycles. The molecule has 2 rings (SSSR count). The first-order valence-corrected chi connectivity index (χ1v) is 7.91. The Morgan fingerprint density at radius 2 is 1.78 bits per heavy atom. The summed E-state index contributed by atoms with van der Waals surface area (Å²) in [5, 5.41) is 0. The Balaban J connectivity index is 1.73. The maximum absolute atomic E-state index is 5.88. The average Bonchev–Trinajstić information content (AvgIpc) is 2.86. The van der Waals surface area contributed by atoms with Crippen LogP contribution in [0.1, 0.15) is 39.5 Å². The fourth-order valence-electron chi connectivity index (χ4n) is 3.64. The van der Waals surface area contributed by atoms with Crippen molar-refractivity contribution in [2.75, 3.05) is 39.3 Å². The fourth-order valence-corrected chi connectivity index (χ4v) is 3.64. The van der Waals surface area contributed by atoms with E-state index in [0.29, 0.717) is 0 Å². The fraction of sp³-hybridized carbons (Fsp3) is 1.00. The first kappa shape index (κ1) is 14.3. The Bertz CT molecular complexity index is 236. The van der Waals surface area contributed by atoms with E-state index in [1.54, 1.807) is 0 Å². The van der Waals surface area contributed by atoms with Crippen LogP contribution in [0.15, 0.2) is 0 Å². The van der Waals surface area contributed by atoms with Gasteiger partial charge in [0.25, 0.3) is 0 Å². The zero-order chi connectivity index (χ0) is 13.0. The maximum atomic E-state index is 5.88. The topological polar surface area (TPSA) is 32.5 Å². The summed E-state index contributed by atoms with van der Waals surface area (Å²) >= 11 is 0. The molecule has 0 amide bonds. The largest absolute Gasteiger partial charge is 0.330 e. The SMILES string of the molecule is CCC(C)N1CCN(CC2CCCC2CN)CC1. The lowest BCUT2D eigenvalue weighted by Crippen LogP contribution is -2.50. The number of piperazine rings is 1. The second-order valence-corrected chi connectivity index (χ2v) is 6.28. The molecule has 0 aromatic heterocycles. The zero-order valence-corrected chi connectivity index (χ0v) is 12.3. The summed E-state index contributed by atoms with van der Waals surface area (Å²) in [5.74, 6) is 1.68. The molecule has 1 saturated heterocycles. The van der Waals surface area contributed by atoms with Crippen LogP contribution in [0.25, 0.3) is 0 Å². The number of hydrogen-bond acceptors (Lipinski definition) is 3. The van der Waals surface area contributed by atoms with Crippen molar-refractivity contribution in [3.63, 3.8) is 0 Å². The third-order valence-electron chi connectivity index (χ3n) is 5.23. The van der Waals surface area contributed by atoms with Gasteiger partial charge in [-0.1, -0.05) is 13.3 Å². The first-order valence-electron chi connectivity index (χ1n) is 7.91. The molecule has 3 heteroatoms. The van der Waals surface area contributed by atoms with Gasteiger partial charge in [0.1, 0.15) is 0 Å². The maximum Gasteiger partial charge on any atom is 0.0113 e. The average molecular weight is 253 g/mol. The molecule has 0 radical (unpaired) electrons. The third kappa shape index (κ3) is 3.46. The molecule has 18 heavy (non-hydrogen) atoms. The molecule has 0 bridgehead atoms. The highest BCUT2D eigenvalue weighted by Crippen LogP contribution is 2.31. The monoisotopic (exact) mass is 253 g/mol. The minimum atomic E-state index is 0.760. The van der Waals surface area contributed by atoms with Crippen LogP contribution in [0, 0.1) is 11.8 Å². The highest BCUT2D eigenvalue weighted by molar-refractivity contribution is 4.83. The van der Waals surface area contributed by atoms with Crippen LogP contribution in [0.3, 0.4) is 0 Å². The number of rotatable bonds is 5. The van der Waals surface area contributed by atoms with Crippen molar-refractivity contribution in [3.8, 4) is 0 Å². The van der Waals surface area contributed by atoms with Gasteiger partial charge in [0.15, 0.2) is 0 Å². The van der Waals surface area contributed by atoms with Crippen molar-refractivity contribution >= 4 is 0 Å². The lowest BCUT2D eigenvalue weighted by Gasteiger charge is -2.39. The van der Waals surface area contributed by atoms with E-state index in [1.807, 2.05) is 0 Å². The molecule has 0 aromatic carbocycles. The van der Waals surface area contributed by atoms with E-state index < -0.39 is 0 Å². The number of nitrogens with two attached hydrogens (primary N) is 1. The molecule has 106 valence electrons. The summed E-state index contributed by atoms with van der Waals surface area (Å²) in [6.45, 7) is 11.9. The molecular weight excluding hydrogens is 222 g/mol. The van der Waals surface area contributed by atoms with Crippen molar-refractivity contribution in [1.29, 1.82) is 0 Å². The van der Waals surface area contributed by atoms with Gasteiger partial charge in [0, 0.05) is 38.8 Å². The Hall–Kier alpha value is -0.120. The van der Waals surface area contributed by atoms with Gasteiger partial charge in [0.2, 0.25) is 0 Å². The predicted octanol–water partition coefficient (Wildman–Crippen LogP) is 1.78. The molecule has 1 saturated carbocycles. The Morgan fingerprint density at radius 3 is 2.39 bits per heavy atom. The minimum Gasteiger partial charge on any atom is -0.330 e. The van der Waals surface area contributed by atoms with E-state index in [9.17, 15) is 0 Å². The highest BCUT2D eigenvalue weighted by Gasteiger charge is 2.29. The van der Waals surface area contributed by atoms with Gasteiger partial charge >= 0.3 is 0 Å². The number of hydrogen-bond donors (Lipinski definition) is 1. The molecule has 3 atom stereocenters. The van der Waals surface area contributed by atoms with Gasteiger partial charge < -0.3 is 10.6 Å². The van der Waals surface area contributed by atoms with Crippen molar-refractivity contribution in [2.45, 2.75) is 45.6 Å². The molecule has 1 aliphatic carbocycles. The van der Waals surface area contributed by atoms with Gasteiger partial charge in [-0.15, -0.1) is 0 Å². The smallest absolute Gasteiger partial charge is 0.0113 e. The molecule has 2 fully saturated rings. The Kier molecular flexibility index (Phi) is 5.46. The summed E-state index contributed by atoms with van der Waals surface area (Å²) in [5.41, 5.74) is 5.88. The lowest BCUT2D eigenvalue weighted by atomic mass is 9.95. The van der Waals surface area contributed by atoms with Crippen LogP contribution in [0.2, 0.25) is 0 Å². The summed E-state index contributed by atoms with van der Waals surface area (Å²) in [6.07, 6.45) is 5.46. The summed E-state index contributed by atoms with van der Waals surface area (Å²) in [6, 6.07) is 0.760. The molecule has 1 heterocycles. The van der Waals surface area contributed by atoms with Crippen LogP contribution in [-0.2, 0) is 0 Å². The van der Waals surface area contributed by atoms with Crippen LogP contribution in [-0.4, -0.2) is 55.1 Å². The molecule has 2 N–H and O–H groups in total. The van der Waals surface area contributed by atoms with E-state index in [2.05, 4.69) is 23.6 Å². The number of nitrogens with zero attached hydrogens (tertiary/aromatic N) is 2. The summed E-state index contributed by atoms with van der Waals surface area (Å²) in [4.78, 5) is 5.32. The van der Waals surface area contributed by atoms with E-state index in [0.717, 1.165) is 24.4 Å². The van der Waals surface area contributed by atoms with Crippen molar-refractivity contribution < 1.29 is 0 Å².